The van der Waals surface area contributed by atoms with Gasteiger partial charge in [0.05, 0.1) is 29.6 Å². The molecule has 1 saturated heterocycles. The van der Waals surface area contributed by atoms with Gasteiger partial charge in [0.25, 0.3) is 5.56 Å². The molecule has 7 heteroatoms. The number of likely N-dealkylation sites (N-methyl/N-ethyl adjacent to an activating group) is 2. The van der Waals surface area contributed by atoms with E-state index < -0.39 is 0 Å². The molecule has 0 radical (unpaired) electrons. The van der Waals surface area contributed by atoms with Crippen LogP contribution in [0.3, 0.4) is 0 Å². The number of nitrogens with one attached hydrogen (secondary N) is 1. The summed E-state index contributed by atoms with van der Waals surface area (Å²) < 4.78 is 5.39. The lowest BCUT2D eigenvalue weighted by Crippen LogP contribution is -2.44. The number of hydrogen-bond donors (Lipinski definition) is 1. The summed E-state index contributed by atoms with van der Waals surface area (Å²) in [6, 6.07) is 7.01. The van der Waals surface area contributed by atoms with Gasteiger partial charge in [-0.3, -0.25) is 14.5 Å². The summed E-state index contributed by atoms with van der Waals surface area (Å²) in [6.07, 6.45) is 0.764. The Labute approximate surface area is 146 Å². The van der Waals surface area contributed by atoms with Gasteiger partial charge in [-0.15, -0.1) is 0 Å². The van der Waals surface area contributed by atoms with Crippen molar-refractivity contribution in [1.29, 1.82) is 0 Å². The monoisotopic (exact) mass is 344 g/mol. The van der Waals surface area contributed by atoms with Gasteiger partial charge in [-0.1, -0.05) is 12.1 Å². The van der Waals surface area contributed by atoms with Crippen LogP contribution in [0.25, 0.3) is 10.9 Å². The van der Waals surface area contributed by atoms with Crippen LogP contribution in [0.4, 0.5) is 0 Å². The number of aromatic amines is 1. The van der Waals surface area contributed by atoms with Crippen molar-refractivity contribution in [3.8, 4) is 0 Å². The summed E-state index contributed by atoms with van der Waals surface area (Å²) in [5.41, 5.74) is 0.462. The van der Waals surface area contributed by atoms with Crippen LogP contribution in [-0.4, -0.2) is 65.1 Å². The third-order valence-electron chi connectivity index (χ3n) is 4.82. The highest BCUT2D eigenvalue weighted by molar-refractivity contribution is 5.82. The Morgan fingerprint density at radius 1 is 1.44 bits per heavy atom. The van der Waals surface area contributed by atoms with Crippen molar-refractivity contribution in [2.75, 3.05) is 27.2 Å². The molecule has 1 aliphatic rings. The number of carbonyl (C=O) groups is 1. The number of fused-ring (bicyclic) bond motifs is 1. The average molecular weight is 344 g/mol. The van der Waals surface area contributed by atoms with Crippen molar-refractivity contribution in [2.45, 2.75) is 32.0 Å². The number of carbonyl (C=O) groups excluding carboxylic acids is 1. The number of aromatic nitrogens is 2. The number of benzene rings is 1. The summed E-state index contributed by atoms with van der Waals surface area (Å²) in [5, 5.41) is 0.555. The van der Waals surface area contributed by atoms with Crippen LogP contribution in [0, 0.1) is 0 Å². The Morgan fingerprint density at radius 3 is 2.88 bits per heavy atom. The first kappa shape index (κ1) is 17.6. The molecule has 7 nitrogen and oxygen atoms in total. The Bertz CT molecular complexity index is 819. The van der Waals surface area contributed by atoms with Gasteiger partial charge in [-0.05, 0) is 32.5 Å². The number of ether oxygens (including phenoxy) is 1. The number of methoxy groups -OCH3 is 1. The van der Waals surface area contributed by atoms with Gasteiger partial charge < -0.3 is 14.6 Å². The van der Waals surface area contributed by atoms with E-state index in [1.807, 2.05) is 31.0 Å². The van der Waals surface area contributed by atoms with Crippen molar-refractivity contribution in [2.24, 2.45) is 0 Å². The summed E-state index contributed by atoms with van der Waals surface area (Å²) in [7, 11) is 3.61. The molecule has 134 valence electrons. The van der Waals surface area contributed by atoms with Gasteiger partial charge in [0.15, 0.2) is 0 Å². The Balaban J connectivity index is 1.80. The van der Waals surface area contributed by atoms with E-state index in [2.05, 4.69) is 9.97 Å². The Kier molecular flexibility index (Phi) is 5.15. The minimum absolute atomic E-state index is 0.0420. The predicted octanol–water partition coefficient (Wildman–Crippen LogP) is 0.991. The zero-order valence-corrected chi connectivity index (χ0v) is 14.9. The highest BCUT2D eigenvalue weighted by Gasteiger charge is 2.36. The van der Waals surface area contributed by atoms with Crippen molar-refractivity contribution >= 4 is 16.8 Å². The fourth-order valence-corrected chi connectivity index (χ4v) is 3.36. The molecule has 1 fully saturated rings. The fourth-order valence-electron chi connectivity index (χ4n) is 3.36. The fraction of sp³-hybridized carbons (Fsp3) is 0.500. The topological polar surface area (TPSA) is 78.5 Å². The second-order valence-electron chi connectivity index (χ2n) is 6.43. The average Bonchev–Trinajstić information content (AvgIpc) is 3.00. The summed E-state index contributed by atoms with van der Waals surface area (Å²) in [5.74, 6) is 0.545. The molecule has 0 unspecified atom stereocenters. The molecule has 2 heterocycles. The predicted molar refractivity (Wildman–Crippen MR) is 95.3 cm³/mol. The van der Waals surface area contributed by atoms with E-state index in [0.717, 1.165) is 6.54 Å². The maximum Gasteiger partial charge on any atom is 0.258 e. The van der Waals surface area contributed by atoms with Crippen molar-refractivity contribution in [3.63, 3.8) is 0 Å². The van der Waals surface area contributed by atoms with E-state index in [9.17, 15) is 9.59 Å². The number of hydrogen-bond acceptors (Lipinski definition) is 5. The molecule has 1 aromatic heterocycles. The van der Waals surface area contributed by atoms with Crippen molar-refractivity contribution in [1.82, 2.24) is 19.8 Å². The van der Waals surface area contributed by atoms with Crippen LogP contribution in [0.15, 0.2) is 29.1 Å². The lowest BCUT2D eigenvalue weighted by Gasteiger charge is -2.27. The third-order valence-corrected chi connectivity index (χ3v) is 4.82. The summed E-state index contributed by atoms with van der Waals surface area (Å²) >= 11 is 0. The van der Waals surface area contributed by atoms with Gasteiger partial charge in [-0.25, -0.2) is 4.98 Å². The van der Waals surface area contributed by atoms with E-state index in [1.54, 1.807) is 24.1 Å². The normalized spacial score (nSPS) is 20.9. The lowest BCUT2D eigenvalue weighted by molar-refractivity contribution is -0.136. The van der Waals surface area contributed by atoms with Gasteiger partial charge in [0.2, 0.25) is 5.91 Å². The maximum atomic E-state index is 12.9. The highest BCUT2D eigenvalue weighted by atomic mass is 16.5. The number of amides is 1. The smallest absolute Gasteiger partial charge is 0.258 e. The zero-order chi connectivity index (χ0) is 18.0. The molecule has 1 aliphatic heterocycles. The number of nitrogens with zero attached hydrogens (tertiary/aromatic N) is 3. The minimum Gasteiger partial charge on any atom is -0.380 e. The quantitative estimate of drug-likeness (QED) is 0.875. The molecule has 0 aliphatic carbocycles. The zero-order valence-electron chi connectivity index (χ0n) is 14.9. The second-order valence-corrected chi connectivity index (χ2v) is 6.43. The molecular weight excluding hydrogens is 320 g/mol. The Hall–Kier alpha value is -2.25. The molecule has 2 aromatic rings. The van der Waals surface area contributed by atoms with Crippen LogP contribution >= 0.6 is 0 Å². The highest BCUT2D eigenvalue weighted by Crippen LogP contribution is 2.20. The van der Waals surface area contributed by atoms with Gasteiger partial charge in [0, 0.05) is 20.2 Å². The molecule has 3 rings (SSSR count). The first-order valence-corrected chi connectivity index (χ1v) is 8.53. The van der Waals surface area contributed by atoms with Crippen LogP contribution in [-0.2, 0) is 16.1 Å². The summed E-state index contributed by atoms with van der Waals surface area (Å²) in [4.78, 5) is 36.2. The second kappa shape index (κ2) is 7.33. The van der Waals surface area contributed by atoms with Crippen molar-refractivity contribution in [3.05, 3.63) is 40.4 Å². The first-order valence-electron chi connectivity index (χ1n) is 8.53. The number of rotatable bonds is 5. The van der Waals surface area contributed by atoms with E-state index in [-0.39, 0.29) is 30.2 Å². The molecule has 0 spiro atoms. The van der Waals surface area contributed by atoms with Gasteiger partial charge in [0.1, 0.15) is 5.82 Å². The molecular formula is C18H24N4O3. The van der Waals surface area contributed by atoms with Crippen LogP contribution in [0.5, 0.6) is 0 Å². The molecule has 0 saturated carbocycles. The molecule has 1 aromatic carbocycles. The van der Waals surface area contributed by atoms with Gasteiger partial charge >= 0.3 is 0 Å². The van der Waals surface area contributed by atoms with Gasteiger partial charge in [-0.2, -0.15) is 0 Å². The van der Waals surface area contributed by atoms with Crippen molar-refractivity contribution < 1.29 is 9.53 Å². The molecule has 1 N–H and O–H groups in total. The number of para-hydroxylation sites is 1. The first-order chi connectivity index (χ1) is 12.0. The molecule has 0 bridgehead atoms. The van der Waals surface area contributed by atoms with E-state index in [1.165, 1.54) is 0 Å². The van der Waals surface area contributed by atoms with E-state index >= 15 is 0 Å². The summed E-state index contributed by atoms with van der Waals surface area (Å²) in [6.45, 7) is 3.52. The lowest BCUT2D eigenvalue weighted by atomic mass is 10.1. The maximum absolute atomic E-state index is 12.9. The largest absolute Gasteiger partial charge is 0.380 e. The minimum atomic E-state index is -0.197. The van der Waals surface area contributed by atoms with Crippen LogP contribution in [0.1, 0.15) is 19.2 Å². The SMILES string of the molecule is CCN(Cc1nc2ccccc2c(=O)[nH]1)C(=O)[C@@H]1C[C@H](OC)CN1C. The third kappa shape index (κ3) is 3.57. The number of likely N-dealkylation sites (tertiary alicyclic amines) is 1. The molecule has 25 heavy (non-hydrogen) atoms. The number of H-pyrrole nitrogens is 1. The van der Waals surface area contributed by atoms with E-state index in [0.29, 0.717) is 29.7 Å². The molecule has 2 atom stereocenters. The van der Waals surface area contributed by atoms with Crippen LogP contribution in [0.2, 0.25) is 0 Å². The standard InChI is InChI=1S/C18H24N4O3/c1-4-22(18(24)15-9-12(25-3)10-21(15)2)11-16-19-14-8-6-5-7-13(14)17(23)20-16/h5-8,12,15H,4,9-11H2,1-3H3,(H,19,20,23)/t12-,15-/m0/s1. The Morgan fingerprint density at radius 2 is 2.20 bits per heavy atom. The van der Waals surface area contributed by atoms with Crippen LogP contribution < -0.4 is 5.56 Å². The van der Waals surface area contributed by atoms with E-state index in [4.69, 9.17) is 4.74 Å². The molecule has 1 amide bonds.